The first kappa shape index (κ1) is 13.8. The Morgan fingerprint density at radius 1 is 1.33 bits per heavy atom. The van der Waals surface area contributed by atoms with Crippen molar-refractivity contribution < 1.29 is 9.90 Å². The van der Waals surface area contributed by atoms with Crippen molar-refractivity contribution in [1.29, 1.82) is 0 Å². The van der Waals surface area contributed by atoms with Gasteiger partial charge in [-0.15, -0.1) is 0 Å². The highest BCUT2D eigenvalue weighted by atomic mass is 16.4. The van der Waals surface area contributed by atoms with E-state index in [0.29, 0.717) is 5.56 Å². The van der Waals surface area contributed by atoms with Gasteiger partial charge < -0.3 is 5.11 Å². The maximum atomic E-state index is 11.3. The van der Waals surface area contributed by atoms with Gasteiger partial charge in [-0.25, -0.2) is 4.79 Å². The summed E-state index contributed by atoms with van der Waals surface area (Å²) in [6.07, 6.45) is 2.60. The minimum Gasteiger partial charge on any atom is -0.478 e. The van der Waals surface area contributed by atoms with E-state index in [1.54, 1.807) is 6.07 Å². The van der Waals surface area contributed by atoms with Gasteiger partial charge in [0.15, 0.2) is 0 Å². The third-order valence-electron chi connectivity index (χ3n) is 4.07. The molecule has 108 valence electrons. The topological polar surface area (TPSA) is 53.4 Å². The molecule has 0 saturated carbocycles. The monoisotopic (exact) mass is 282 g/mol. The molecule has 1 aliphatic rings. The summed E-state index contributed by atoms with van der Waals surface area (Å²) in [6.45, 7) is 4.53. The molecule has 0 atom stereocenters. The number of aromatic carboxylic acids is 1. The molecule has 4 nitrogen and oxygen atoms in total. The van der Waals surface area contributed by atoms with E-state index < -0.39 is 5.97 Å². The number of rotatable bonds is 3. The fraction of sp³-hybridized carbons (Fsp3) is 0.294. The van der Waals surface area contributed by atoms with E-state index in [1.807, 2.05) is 24.4 Å². The minimum absolute atomic E-state index is 0.446. The first-order valence-electron chi connectivity index (χ1n) is 7.12. The smallest absolute Gasteiger partial charge is 0.335 e. The molecule has 0 bridgehead atoms. The summed E-state index contributed by atoms with van der Waals surface area (Å²) in [6, 6.07) is 9.57. The lowest BCUT2D eigenvalue weighted by molar-refractivity contribution is 0.0694. The number of carboxylic acid groups (broad SMARTS) is 1. The van der Waals surface area contributed by atoms with Crippen LogP contribution in [0.2, 0.25) is 0 Å². The molecule has 4 heteroatoms. The zero-order chi connectivity index (χ0) is 14.8. The fourth-order valence-corrected chi connectivity index (χ4v) is 2.90. The van der Waals surface area contributed by atoms with Crippen LogP contribution >= 0.6 is 0 Å². The average molecular weight is 282 g/mol. The van der Waals surface area contributed by atoms with E-state index in [4.69, 9.17) is 0 Å². The molecule has 3 rings (SSSR count). The van der Waals surface area contributed by atoms with Crippen LogP contribution in [0.1, 0.15) is 32.7 Å². The molecule has 1 aromatic carbocycles. The maximum absolute atomic E-state index is 11.3. The van der Waals surface area contributed by atoms with Crippen LogP contribution in [0.25, 0.3) is 0 Å². The van der Waals surface area contributed by atoms with Crippen molar-refractivity contribution in [2.24, 2.45) is 0 Å². The molecule has 21 heavy (non-hydrogen) atoms. The van der Waals surface area contributed by atoms with Gasteiger partial charge in [-0.2, -0.15) is 0 Å². The normalized spacial score (nSPS) is 14.7. The van der Waals surface area contributed by atoms with Crippen LogP contribution in [0.4, 0.5) is 0 Å². The van der Waals surface area contributed by atoms with Crippen molar-refractivity contribution in [1.82, 2.24) is 9.88 Å². The average Bonchev–Trinajstić information content (AvgIpc) is 2.48. The molecule has 0 fully saturated rings. The Morgan fingerprint density at radius 3 is 2.95 bits per heavy atom. The van der Waals surface area contributed by atoms with Crippen molar-refractivity contribution in [3.8, 4) is 0 Å². The number of aromatic nitrogens is 1. The van der Waals surface area contributed by atoms with Gasteiger partial charge in [0.2, 0.25) is 0 Å². The molecule has 2 heterocycles. The highest BCUT2D eigenvalue weighted by molar-refractivity contribution is 5.89. The van der Waals surface area contributed by atoms with Crippen molar-refractivity contribution >= 4 is 5.97 Å². The Hall–Kier alpha value is -2.20. The highest BCUT2D eigenvalue weighted by Gasteiger charge is 2.21. The lowest BCUT2D eigenvalue weighted by Crippen LogP contribution is -2.31. The van der Waals surface area contributed by atoms with Gasteiger partial charge in [0, 0.05) is 25.8 Å². The number of fused-ring (bicyclic) bond motifs is 1. The summed E-state index contributed by atoms with van der Waals surface area (Å²) in [5.41, 5.74) is 4.84. The second-order valence-electron chi connectivity index (χ2n) is 5.48. The number of nitrogens with zero attached hydrogens (tertiary/aromatic N) is 2. The van der Waals surface area contributed by atoms with E-state index in [1.165, 1.54) is 5.56 Å². The van der Waals surface area contributed by atoms with Gasteiger partial charge in [-0.05, 0) is 42.2 Å². The van der Waals surface area contributed by atoms with E-state index >= 15 is 0 Å². The molecular formula is C17H18N2O2. The van der Waals surface area contributed by atoms with Gasteiger partial charge in [-0.1, -0.05) is 18.2 Å². The van der Waals surface area contributed by atoms with Gasteiger partial charge >= 0.3 is 5.97 Å². The number of carboxylic acids is 1. The molecular weight excluding hydrogens is 264 g/mol. The van der Waals surface area contributed by atoms with Gasteiger partial charge in [0.25, 0.3) is 0 Å². The quantitative estimate of drug-likeness (QED) is 0.940. The van der Waals surface area contributed by atoms with Crippen LogP contribution in [0.3, 0.4) is 0 Å². The zero-order valence-corrected chi connectivity index (χ0v) is 12.0. The van der Waals surface area contributed by atoms with Crippen LogP contribution in [0.5, 0.6) is 0 Å². The Morgan fingerprint density at radius 2 is 2.19 bits per heavy atom. The van der Waals surface area contributed by atoms with Crippen molar-refractivity contribution in [2.45, 2.75) is 26.4 Å². The molecule has 1 aliphatic heterocycles. The third-order valence-corrected chi connectivity index (χ3v) is 4.07. The van der Waals surface area contributed by atoms with Crippen LogP contribution in [0, 0.1) is 6.92 Å². The Kier molecular flexibility index (Phi) is 3.71. The maximum Gasteiger partial charge on any atom is 0.335 e. The first-order valence-corrected chi connectivity index (χ1v) is 7.12. The van der Waals surface area contributed by atoms with E-state index in [9.17, 15) is 9.90 Å². The van der Waals surface area contributed by atoms with Gasteiger partial charge in [0.05, 0.1) is 11.3 Å². The standard InChI is InChI=1S/C17H18N2O2/c1-12-4-3-8-18-16(12)11-19-9-7-14-13(10-19)5-2-6-15(14)17(20)21/h2-6,8H,7,9-11H2,1H3,(H,20,21). The molecule has 0 spiro atoms. The Labute approximate surface area is 124 Å². The van der Waals surface area contributed by atoms with Crippen LogP contribution in [-0.4, -0.2) is 27.5 Å². The summed E-state index contributed by atoms with van der Waals surface area (Å²) in [7, 11) is 0. The van der Waals surface area contributed by atoms with Crippen LogP contribution in [0.15, 0.2) is 36.5 Å². The van der Waals surface area contributed by atoms with E-state index in [0.717, 1.165) is 42.9 Å². The number of hydrogen-bond acceptors (Lipinski definition) is 3. The van der Waals surface area contributed by atoms with Gasteiger partial charge in [-0.3, -0.25) is 9.88 Å². The SMILES string of the molecule is Cc1cccnc1CN1CCc2c(cccc2C(=O)O)C1. The number of benzene rings is 1. The predicted octanol–water partition coefficient (Wildman–Crippen LogP) is 2.65. The van der Waals surface area contributed by atoms with E-state index in [2.05, 4.69) is 22.9 Å². The highest BCUT2D eigenvalue weighted by Crippen LogP contribution is 2.24. The molecule has 0 aliphatic carbocycles. The molecule has 0 unspecified atom stereocenters. The van der Waals surface area contributed by atoms with Crippen molar-refractivity contribution in [3.63, 3.8) is 0 Å². The predicted molar refractivity (Wildman–Crippen MR) is 80.2 cm³/mol. The molecule has 2 aromatic rings. The number of hydrogen-bond donors (Lipinski definition) is 1. The Bertz CT molecular complexity index is 682. The van der Waals surface area contributed by atoms with Crippen LogP contribution < -0.4 is 0 Å². The summed E-state index contributed by atoms with van der Waals surface area (Å²) in [5, 5.41) is 9.25. The second kappa shape index (κ2) is 5.66. The number of aryl methyl sites for hydroxylation is 1. The minimum atomic E-state index is -0.833. The zero-order valence-electron chi connectivity index (χ0n) is 12.0. The molecule has 1 N–H and O–H groups in total. The summed E-state index contributed by atoms with van der Waals surface area (Å²) in [5.74, 6) is -0.833. The molecule has 0 saturated heterocycles. The lowest BCUT2D eigenvalue weighted by Gasteiger charge is -2.29. The third kappa shape index (κ3) is 2.81. The van der Waals surface area contributed by atoms with Gasteiger partial charge in [0.1, 0.15) is 0 Å². The first-order chi connectivity index (χ1) is 10.1. The lowest BCUT2D eigenvalue weighted by atomic mass is 9.94. The van der Waals surface area contributed by atoms with Crippen molar-refractivity contribution in [3.05, 3.63) is 64.5 Å². The molecule has 1 aromatic heterocycles. The largest absolute Gasteiger partial charge is 0.478 e. The number of carbonyl (C=O) groups is 1. The van der Waals surface area contributed by atoms with E-state index in [-0.39, 0.29) is 0 Å². The Balaban J connectivity index is 1.81. The second-order valence-corrected chi connectivity index (χ2v) is 5.48. The summed E-state index contributed by atoms with van der Waals surface area (Å²) in [4.78, 5) is 18.0. The number of pyridine rings is 1. The summed E-state index contributed by atoms with van der Waals surface area (Å²) >= 11 is 0. The summed E-state index contributed by atoms with van der Waals surface area (Å²) < 4.78 is 0. The molecule has 0 radical (unpaired) electrons. The van der Waals surface area contributed by atoms with Crippen molar-refractivity contribution in [2.75, 3.05) is 6.54 Å². The molecule has 0 amide bonds. The van der Waals surface area contributed by atoms with Crippen LogP contribution in [-0.2, 0) is 19.5 Å². The fourth-order valence-electron chi connectivity index (χ4n) is 2.90.